The van der Waals surface area contributed by atoms with E-state index in [1.54, 1.807) is 0 Å². The second kappa shape index (κ2) is 7.51. The first-order chi connectivity index (χ1) is 9.29. The number of hydrogen-bond donors (Lipinski definition) is 1. The lowest BCUT2D eigenvalue weighted by atomic mass is 10.1. The Hall–Kier alpha value is -1.06. The molecule has 1 aliphatic rings. The summed E-state index contributed by atoms with van der Waals surface area (Å²) >= 11 is 0. The van der Waals surface area contributed by atoms with E-state index in [1.165, 1.54) is 43.5 Å². The van der Waals surface area contributed by atoms with Crippen LogP contribution in [0.25, 0.3) is 0 Å². The van der Waals surface area contributed by atoms with E-state index in [-0.39, 0.29) is 0 Å². The third kappa shape index (κ3) is 4.51. The van der Waals surface area contributed by atoms with Gasteiger partial charge in [-0.25, -0.2) is 0 Å². The summed E-state index contributed by atoms with van der Waals surface area (Å²) in [6, 6.07) is 6.55. The van der Waals surface area contributed by atoms with E-state index >= 15 is 0 Å². The number of piperidine rings is 1. The molecule has 1 heterocycles. The lowest BCUT2D eigenvalue weighted by molar-refractivity contribution is 0.220. The van der Waals surface area contributed by atoms with E-state index in [2.05, 4.69) is 30.0 Å². The fraction of sp³-hybridized carbons (Fsp3) is 0.625. The van der Waals surface area contributed by atoms with Crippen molar-refractivity contribution in [3.8, 4) is 5.75 Å². The molecule has 1 saturated heterocycles. The molecule has 0 bridgehead atoms. The molecule has 3 nitrogen and oxygen atoms in total. The van der Waals surface area contributed by atoms with Crippen molar-refractivity contribution < 1.29 is 4.74 Å². The van der Waals surface area contributed by atoms with Crippen LogP contribution in [0, 0.1) is 6.92 Å². The summed E-state index contributed by atoms with van der Waals surface area (Å²) in [5.41, 5.74) is 8.10. The Morgan fingerprint density at radius 1 is 1.21 bits per heavy atom. The highest BCUT2D eigenvalue weighted by molar-refractivity contribution is 5.36. The van der Waals surface area contributed by atoms with Crippen molar-refractivity contribution in [3.05, 3.63) is 29.3 Å². The molecular formula is C16H26N2O. The smallest absolute Gasteiger partial charge is 0.122 e. The van der Waals surface area contributed by atoms with E-state index in [1.807, 2.05) is 0 Å². The maximum Gasteiger partial charge on any atom is 0.122 e. The van der Waals surface area contributed by atoms with Crippen LogP contribution in [-0.4, -0.2) is 31.1 Å². The summed E-state index contributed by atoms with van der Waals surface area (Å²) in [5, 5.41) is 0. The molecule has 0 amide bonds. The van der Waals surface area contributed by atoms with Gasteiger partial charge in [-0.2, -0.15) is 0 Å². The maximum atomic E-state index is 5.73. The van der Waals surface area contributed by atoms with Crippen LogP contribution in [-0.2, 0) is 6.54 Å². The monoisotopic (exact) mass is 262 g/mol. The number of aryl methyl sites for hydroxylation is 1. The minimum Gasteiger partial charge on any atom is -0.493 e. The topological polar surface area (TPSA) is 38.5 Å². The molecule has 2 rings (SSSR count). The zero-order chi connectivity index (χ0) is 13.5. The minimum atomic E-state index is 0.687. The predicted molar refractivity (Wildman–Crippen MR) is 79.5 cm³/mol. The third-order valence-electron chi connectivity index (χ3n) is 3.70. The van der Waals surface area contributed by atoms with E-state index < -0.39 is 0 Å². The average Bonchev–Trinajstić information content (AvgIpc) is 2.43. The molecule has 0 aliphatic carbocycles. The molecule has 1 aliphatic heterocycles. The van der Waals surface area contributed by atoms with Crippen LogP contribution in [0.5, 0.6) is 5.75 Å². The van der Waals surface area contributed by atoms with Gasteiger partial charge in [0, 0.05) is 6.54 Å². The van der Waals surface area contributed by atoms with Crippen molar-refractivity contribution >= 4 is 0 Å². The molecule has 0 spiro atoms. The van der Waals surface area contributed by atoms with Gasteiger partial charge < -0.3 is 10.5 Å². The maximum absolute atomic E-state index is 5.73. The molecule has 2 N–H and O–H groups in total. The first-order valence-corrected chi connectivity index (χ1v) is 7.44. The van der Waals surface area contributed by atoms with Gasteiger partial charge in [-0.3, -0.25) is 4.90 Å². The third-order valence-corrected chi connectivity index (χ3v) is 3.70. The molecule has 0 saturated carbocycles. The molecule has 0 aromatic heterocycles. The Morgan fingerprint density at radius 2 is 2.00 bits per heavy atom. The summed E-state index contributed by atoms with van der Waals surface area (Å²) < 4.78 is 5.73. The number of nitrogens with two attached hydrogens (primary N) is 1. The van der Waals surface area contributed by atoms with Crippen molar-refractivity contribution in [1.82, 2.24) is 4.90 Å². The Labute approximate surface area is 116 Å². The summed E-state index contributed by atoms with van der Waals surface area (Å²) in [6.07, 6.45) is 5.00. The standard InChI is InChI=1S/C16H26N2O/c1-14-12-15(13-18-9-3-2-4-10-18)6-7-16(14)19-11-5-8-17/h6-7,12H,2-5,8-11,13,17H2,1H3. The minimum absolute atomic E-state index is 0.687. The fourth-order valence-corrected chi connectivity index (χ4v) is 2.61. The fourth-order valence-electron chi connectivity index (χ4n) is 2.61. The zero-order valence-electron chi connectivity index (χ0n) is 12.0. The van der Waals surface area contributed by atoms with Crippen molar-refractivity contribution in [2.75, 3.05) is 26.2 Å². The van der Waals surface area contributed by atoms with E-state index in [9.17, 15) is 0 Å². The first-order valence-electron chi connectivity index (χ1n) is 7.44. The Bertz CT molecular complexity index is 386. The Morgan fingerprint density at radius 3 is 2.68 bits per heavy atom. The normalized spacial score (nSPS) is 16.5. The highest BCUT2D eigenvalue weighted by Crippen LogP contribution is 2.21. The second-order valence-electron chi connectivity index (χ2n) is 5.43. The highest BCUT2D eigenvalue weighted by atomic mass is 16.5. The first kappa shape index (κ1) is 14.4. The number of likely N-dealkylation sites (tertiary alicyclic amines) is 1. The molecule has 1 fully saturated rings. The van der Waals surface area contributed by atoms with Gasteiger partial charge in [0.05, 0.1) is 6.61 Å². The van der Waals surface area contributed by atoms with Crippen LogP contribution in [0.1, 0.15) is 36.8 Å². The number of hydrogen-bond acceptors (Lipinski definition) is 3. The number of ether oxygens (including phenoxy) is 1. The molecule has 106 valence electrons. The molecule has 1 aromatic carbocycles. The molecule has 0 atom stereocenters. The molecule has 1 aromatic rings. The van der Waals surface area contributed by atoms with Crippen molar-refractivity contribution in [1.29, 1.82) is 0 Å². The van der Waals surface area contributed by atoms with Crippen molar-refractivity contribution in [2.45, 2.75) is 39.2 Å². The second-order valence-corrected chi connectivity index (χ2v) is 5.43. The summed E-state index contributed by atoms with van der Waals surface area (Å²) in [7, 11) is 0. The van der Waals surface area contributed by atoms with Gasteiger partial charge in [0.15, 0.2) is 0 Å². The van der Waals surface area contributed by atoms with Crippen LogP contribution in [0.15, 0.2) is 18.2 Å². The van der Waals surface area contributed by atoms with Crippen molar-refractivity contribution in [3.63, 3.8) is 0 Å². The Kier molecular flexibility index (Phi) is 5.67. The van der Waals surface area contributed by atoms with Gasteiger partial charge in [0.2, 0.25) is 0 Å². The molecule has 0 radical (unpaired) electrons. The average molecular weight is 262 g/mol. The summed E-state index contributed by atoms with van der Waals surface area (Å²) in [6.45, 7) is 7.08. The van der Waals surface area contributed by atoms with Crippen molar-refractivity contribution in [2.24, 2.45) is 5.73 Å². The van der Waals surface area contributed by atoms with E-state index in [0.29, 0.717) is 13.2 Å². The van der Waals surface area contributed by atoms with Gasteiger partial charge in [-0.15, -0.1) is 0 Å². The number of nitrogens with zero attached hydrogens (tertiary/aromatic N) is 1. The number of rotatable bonds is 6. The van der Waals surface area contributed by atoms with Gasteiger partial charge in [0.1, 0.15) is 5.75 Å². The molecular weight excluding hydrogens is 236 g/mol. The van der Waals surface area contributed by atoms with Crippen LogP contribution in [0.4, 0.5) is 0 Å². The largest absolute Gasteiger partial charge is 0.493 e. The Balaban J connectivity index is 1.90. The van der Waals surface area contributed by atoms with E-state index in [4.69, 9.17) is 10.5 Å². The SMILES string of the molecule is Cc1cc(CN2CCCCC2)ccc1OCCCN. The van der Waals surface area contributed by atoms with Gasteiger partial charge in [-0.05, 0) is 63.0 Å². The highest BCUT2D eigenvalue weighted by Gasteiger charge is 2.11. The molecule has 0 unspecified atom stereocenters. The molecule has 3 heteroatoms. The van der Waals surface area contributed by atoms with Crippen LogP contribution >= 0.6 is 0 Å². The quantitative estimate of drug-likeness (QED) is 0.801. The predicted octanol–water partition coefficient (Wildman–Crippen LogP) is 2.71. The lowest BCUT2D eigenvalue weighted by Gasteiger charge is -2.26. The number of benzene rings is 1. The van der Waals surface area contributed by atoms with Gasteiger partial charge >= 0.3 is 0 Å². The van der Waals surface area contributed by atoms with E-state index in [0.717, 1.165) is 18.7 Å². The van der Waals surface area contributed by atoms with Gasteiger partial charge in [0.25, 0.3) is 0 Å². The zero-order valence-corrected chi connectivity index (χ0v) is 12.0. The van der Waals surface area contributed by atoms with Gasteiger partial charge in [-0.1, -0.05) is 18.6 Å². The summed E-state index contributed by atoms with van der Waals surface area (Å²) in [5.74, 6) is 0.996. The lowest BCUT2D eigenvalue weighted by Crippen LogP contribution is -2.29. The molecule has 19 heavy (non-hydrogen) atoms. The van der Waals surface area contributed by atoms with Crippen LogP contribution in [0.2, 0.25) is 0 Å². The summed E-state index contributed by atoms with van der Waals surface area (Å²) in [4.78, 5) is 2.55. The van der Waals surface area contributed by atoms with Crippen LogP contribution < -0.4 is 10.5 Å². The van der Waals surface area contributed by atoms with Crippen LogP contribution in [0.3, 0.4) is 0 Å².